The van der Waals surface area contributed by atoms with Crippen LogP contribution in [0.25, 0.3) is 0 Å². The molecule has 2 rings (SSSR count). The maximum atomic E-state index is 13.6. The lowest BCUT2D eigenvalue weighted by Gasteiger charge is -2.22. The van der Waals surface area contributed by atoms with Crippen LogP contribution in [0.2, 0.25) is 0 Å². The molecular weight excluding hydrogens is 352 g/mol. The predicted octanol–water partition coefficient (Wildman–Crippen LogP) is 2.24. The average Bonchev–Trinajstić information content (AvgIpc) is 2.54. The number of nitrogens with zero attached hydrogens (tertiary/aromatic N) is 2. The Bertz CT molecular complexity index is 938. The van der Waals surface area contributed by atoms with Crippen LogP contribution in [0.15, 0.2) is 42.5 Å². The summed E-state index contributed by atoms with van der Waals surface area (Å²) in [5.41, 5.74) is 0.242. The van der Waals surface area contributed by atoms with Crippen molar-refractivity contribution < 1.29 is 22.0 Å². The monoisotopic (exact) mass is 365 g/mol. The molecule has 1 N–H and O–H groups in total. The maximum Gasteiger partial charge on any atom is 0.245 e. The van der Waals surface area contributed by atoms with E-state index in [4.69, 9.17) is 5.26 Å². The van der Waals surface area contributed by atoms with Crippen LogP contribution in [0.5, 0.6) is 0 Å². The van der Waals surface area contributed by atoms with E-state index in [1.165, 1.54) is 24.3 Å². The van der Waals surface area contributed by atoms with E-state index in [9.17, 15) is 22.0 Å². The molecular formula is C16H13F2N3O3S. The minimum Gasteiger partial charge on any atom is -0.322 e. The molecule has 9 heteroatoms. The van der Waals surface area contributed by atoms with Gasteiger partial charge in [-0.3, -0.25) is 9.10 Å². The van der Waals surface area contributed by atoms with Crippen LogP contribution in [-0.4, -0.2) is 27.1 Å². The number of nitriles is 1. The number of sulfonamides is 1. The quantitative estimate of drug-likeness (QED) is 0.880. The molecule has 25 heavy (non-hydrogen) atoms. The van der Waals surface area contributed by atoms with Crippen LogP contribution in [0.4, 0.5) is 20.2 Å². The van der Waals surface area contributed by atoms with Gasteiger partial charge in [0.15, 0.2) is 0 Å². The lowest BCUT2D eigenvalue weighted by Crippen LogP contribution is -2.37. The van der Waals surface area contributed by atoms with Gasteiger partial charge in [-0.05, 0) is 36.4 Å². The number of nitrogens with one attached hydrogen (secondary N) is 1. The second-order valence-corrected chi connectivity index (χ2v) is 7.01. The zero-order valence-corrected chi connectivity index (χ0v) is 13.8. The number of halogens is 2. The van der Waals surface area contributed by atoms with Gasteiger partial charge in [0, 0.05) is 6.07 Å². The average molecular weight is 365 g/mol. The lowest BCUT2D eigenvalue weighted by atomic mass is 10.2. The Labute approximate surface area is 143 Å². The molecule has 0 aromatic heterocycles. The summed E-state index contributed by atoms with van der Waals surface area (Å²) in [5.74, 6) is -2.58. The van der Waals surface area contributed by atoms with Crippen molar-refractivity contribution in [2.24, 2.45) is 0 Å². The molecule has 0 spiro atoms. The van der Waals surface area contributed by atoms with Crippen molar-refractivity contribution in [3.63, 3.8) is 0 Å². The summed E-state index contributed by atoms with van der Waals surface area (Å²) in [5, 5.41) is 11.0. The smallest absolute Gasteiger partial charge is 0.245 e. The van der Waals surface area contributed by atoms with Crippen LogP contribution in [0, 0.1) is 23.0 Å². The first-order chi connectivity index (χ1) is 11.7. The Balaban J connectivity index is 2.22. The minimum atomic E-state index is -3.81. The second-order valence-electron chi connectivity index (χ2n) is 5.10. The Kier molecular flexibility index (Phi) is 5.34. The van der Waals surface area contributed by atoms with E-state index in [1.54, 1.807) is 0 Å². The number of hydrogen-bond donors (Lipinski definition) is 1. The summed E-state index contributed by atoms with van der Waals surface area (Å²) in [7, 11) is -3.81. The van der Waals surface area contributed by atoms with Crippen LogP contribution in [0.1, 0.15) is 5.56 Å². The van der Waals surface area contributed by atoms with Crippen LogP contribution < -0.4 is 9.62 Å². The highest BCUT2D eigenvalue weighted by molar-refractivity contribution is 7.92. The molecule has 0 fully saturated rings. The first-order valence-corrected chi connectivity index (χ1v) is 8.78. The molecule has 0 saturated heterocycles. The summed E-state index contributed by atoms with van der Waals surface area (Å²) in [4.78, 5) is 12.1. The van der Waals surface area contributed by atoms with Gasteiger partial charge in [0.1, 0.15) is 18.2 Å². The van der Waals surface area contributed by atoms with Crippen LogP contribution in [0.3, 0.4) is 0 Å². The summed E-state index contributed by atoms with van der Waals surface area (Å²) in [6, 6.07) is 10.1. The molecule has 0 heterocycles. The highest BCUT2D eigenvalue weighted by Crippen LogP contribution is 2.19. The first kappa shape index (κ1) is 18.4. The third-order valence-corrected chi connectivity index (χ3v) is 4.32. The number of carbonyl (C=O) groups is 1. The van der Waals surface area contributed by atoms with E-state index in [0.29, 0.717) is 11.6 Å². The van der Waals surface area contributed by atoms with Gasteiger partial charge in [0.25, 0.3) is 0 Å². The summed E-state index contributed by atoms with van der Waals surface area (Å²) >= 11 is 0. The topological polar surface area (TPSA) is 90.3 Å². The first-order valence-electron chi connectivity index (χ1n) is 6.93. The number of amides is 1. The number of rotatable bonds is 5. The lowest BCUT2D eigenvalue weighted by molar-refractivity contribution is -0.114. The van der Waals surface area contributed by atoms with Gasteiger partial charge < -0.3 is 5.32 Å². The molecule has 130 valence electrons. The molecule has 2 aromatic rings. The second kappa shape index (κ2) is 7.27. The van der Waals surface area contributed by atoms with Crippen molar-refractivity contribution in [1.82, 2.24) is 0 Å². The SMILES string of the molecule is CS(=O)(=O)N(CC(=O)Nc1ccc(F)cc1F)c1ccc(C#N)cc1. The molecule has 0 aliphatic heterocycles. The Morgan fingerprint density at radius 1 is 1.20 bits per heavy atom. The van der Waals surface area contributed by atoms with Gasteiger partial charge in [-0.2, -0.15) is 5.26 Å². The molecule has 0 bridgehead atoms. The van der Waals surface area contributed by atoms with Crippen molar-refractivity contribution in [1.29, 1.82) is 5.26 Å². The van der Waals surface area contributed by atoms with E-state index in [2.05, 4.69) is 5.32 Å². The fraction of sp³-hybridized carbons (Fsp3) is 0.125. The normalized spacial score (nSPS) is 10.8. The fourth-order valence-corrected chi connectivity index (χ4v) is 2.87. The molecule has 0 atom stereocenters. The van der Waals surface area contributed by atoms with Crippen LogP contribution in [-0.2, 0) is 14.8 Å². The standard InChI is InChI=1S/C16H13F2N3O3S/c1-25(23,24)21(13-5-2-11(9-19)3-6-13)10-16(22)20-15-7-4-12(17)8-14(15)18/h2-8H,10H2,1H3,(H,20,22). The van der Waals surface area contributed by atoms with Gasteiger partial charge >= 0.3 is 0 Å². The summed E-state index contributed by atoms with van der Waals surface area (Å²) < 4.78 is 51.1. The van der Waals surface area contributed by atoms with Crippen molar-refractivity contribution in [3.05, 3.63) is 59.7 Å². The van der Waals surface area contributed by atoms with E-state index in [1.807, 2.05) is 6.07 Å². The molecule has 2 aromatic carbocycles. The molecule has 0 saturated carbocycles. The van der Waals surface area contributed by atoms with Gasteiger partial charge in [0.2, 0.25) is 15.9 Å². The molecule has 0 aliphatic rings. The van der Waals surface area contributed by atoms with E-state index in [-0.39, 0.29) is 11.4 Å². The number of hydrogen-bond acceptors (Lipinski definition) is 4. The van der Waals surface area contributed by atoms with Gasteiger partial charge in [-0.25, -0.2) is 17.2 Å². The molecule has 6 nitrogen and oxygen atoms in total. The van der Waals surface area contributed by atoms with Crippen LogP contribution >= 0.6 is 0 Å². The molecule has 0 unspecified atom stereocenters. The number of benzene rings is 2. The zero-order chi connectivity index (χ0) is 18.6. The number of carbonyl (C=O) groups excluding carboxylic acids is 1. The Hall–Kier alpha value is -2.99. The van der Waals surface area contributed by atoms with E-state index in [0.717, 1.165) is 22.7 Å². The van der Waals surface area contributed by atoms with Crippen molar-refractivity contribution in [2.75, 3.05) is 22.4 Å². The summed E-state index contributed by atoms with van der Waals surface area (Å²) in [6.07, 6.45) is 0.914. The predicted molar refractivity (Wildman–Crippen MR) is 88.3 cm³/mol. The summed E-state index contributed by atoms with van der Waals surface area (Å²) in [6.45, 7) is -0.610. The van der Waals surface area contributed by atoms with Crippen molar-refractivity contribution in [3.8, 4) is 6.07 Å². The van der Waals surface area contributed by atoms with Gasteiger partial charge in [0.05, 0.1) is 29.3 Å². The van der Waals surface area contributed by atoms with E-state index < -0.39 is 34.1 Å². The minimum absolute atomic E-state index is 0.177. The van der Waals surface area contributed by atoms with E-state index >= 15 is 0 Å². The highest BCUT2D eigenvalue weighted by Gasteiger charge is 2.21. The fourth-order valence-electron chi connectivity index (χ4n) is 2.01. The molecule has 0 radical (unpaired) electrons. The third-order valence-electron chi connectivity index (χ3n) is 3.18. The molecule has 0 aliphatic carbocycles. The zero-order valence-electron chi connectivity index (χ0n) is 13.0. The maximum absolute atomic E-state index is 13.6. The third kappa shape index (κ3) is 4.74. The van der Waals surface area contributed by atoms with Gasteiger partial charge in [-0.15, -0.1) is 0 Å². The van der Waals surface area contributed by atoms with Crippen molar-refractivity contribution in [2.45, 2.75) is 0 Å². The Morgan fingerprint density at radius 3 is 2.36 bits per heavy atom. The number of anilines is 2. The van der Waals surface area contributed by atoms with Gasteiger partial charge in [-0.1, -0.05) is 0 Å². The van der Waals surface area contributed by atoms with Crippen molar-refractivity contribution >= 4 is 27.3 Å². The Morgan fingerprint density at radius 2 is 1.84 bits per heavy atom. The largest absolute Gasteiger partial charge is 0.322 e. The highest BCUT2D eigenvalue weighted by atomic mass is 32.2. The molecule has 1 amide bonds.